The van der Waals surface area contributed by atoms with Crippen molar-refractivity contribution in [2.45, 2.75) is 51.0 Å². The maximum Gasteiger partial charge on any atom is 0.320 e. The zero-order chi connectivity index (χ0) is 18.1. The molecule has 5 aliphatic rings. The van der Waals surface area contributed by atoms with E-state index in [0.717, 1.165) is 36.4 Å². The van der Waals surface area contributed by atoms with E-state index in [2.05, 4.69) is 11.8 Å². The summed E-state index contributed by atoms with van der Waals surface area (Å²) in [6, 6.07) is 0. The van der Waals surface area contributed by atoms with E-state index in [1.54, 1.807) is 0 Å². The van der Waals surface area contributed by atoms with Gasteiger partial charge in [-0.05, 0) is 62.7 Å². The molecule has 0 radical (unpaired) electrons. The molecule has 4 bridgehead atoms. The first kappa shape index (κ1) is 18.6. The second-order valence-electron chi connectivity index (χ2n) is 8.82. The van der Waals surface area contributed by atoms with E-state index in [9.17, 15) is 9.59 Å². The highest BCUT2D eigenvalue weighted by Gasteiger charge is 2.56. The molecule has 0 amide bonds. The lowest BCUT2D eigenvalue weighted by atomic mass is 9.50. The van der Waals surface area contributed by atoms with Crippen LogP contribution < -0.4 is 0 Å². The van der Waals surface area contributed by atoms with E-state index in [1.165, 1.54) is 32.1 Å². The summed E-state index contributed by atoms with van der Waals surface area (Å²) < 4.78 is 11.3. The molecule has 0 aromatic carbocycles. The number of hydrogen-bond donors (Lipinski definition) is 0. The second-order valence-corrected chi connectivity index (χ2v) is 10.0. The van der Waals surface area contributed by atoms with Crippen molar-refractivity contribution in [2.75, 3.05) is 37.7 Å². The van der Waals surface area contributed by atoms with Crippen molar-refractivity contribution in [1.82, 2.24) is 4.90 Å². The fraction of sp³-hybridized carbons (Fsp3) is 0.900. The number of nitrogens with zero attached hydrogens (tertiary/aromatic N) is 1. The van der Waals surface area contributed by atoms with Gasteiger partial charge in [-0.2, -0.15) is 11.8 Å². The number of hydrogen-bond acceptors (Lipinski definition) is 6. The van der Waals surface area contributed by atoms with Crippen LogP contribution in [-0.4, -0.2) is 60.2 Å². The van der Waals surface area contributed by atoms with Crippen LogP contribution in [0.25, 0.3) is 0 Å². The van der Waals surface area contributed by atoms with Crippen LogP contribution in [0.3, 0.4) is 0 Å². The number of carbonyl (C=O) groups is 2. The quantitative estimate of drug-likeness (QED) is 0.660. The molecule has 146 valence electrons. The van der Waals surface area contributed by atoms with Gasteiger partial charge in [0.25, 0.3) is 0 Å². The number of thioether (sulfide) groups is 1. The lowest BCUT2D eigenvalue weighted by Crippen LogP contribution is -2.58. The predicted molar refractivity (Wildman–Crippen MR) is 101 cm³/mol. The average Bonchev–Trinajstić information content (AvgIpc) is 2.60. The number of esters is 2. The molecule has 0 spiro atoms. The van der Waals surface area contributed by atoms with Gasteiger partial charge < -0.3 is 9.47 Å². The van der Waals surface area contributed by atoms with Crippen molar-refractivity contribution in [2.24, 2.45) is 23.7 Å². The summed E-state index contributed by atoms with van der Waals surface area (Å²) in [6.45, 7) is 4.49. The molecule has 5 rings (SSSR count). The fourth-order valence-electron chi connectivity index (χ4n) is 5.82. The monoisotopic (exact) mass is 381 g/mol. The van der Waals surface area contributed by atoms with Gasteiger partial charge in [-0.3, -0.25) is 14.5 Å². The third-order valence-electron chi connectivity index (χ3n) is 7.12. The third-order valence-corrected chi connectivity index (χ3v) is 8.06. The summed E-state index contributed by atoms with van der Waals surface area (Å²) in [4.78, 5) is 26.4. The SMILES string of the molecule is CC1(OC(=O)CCOC(=O)CN2CCSCC2)C2CC3CC(C2)CC1C3. The zero-order valence-corrected chi connectivity index (χ0v) is 16.6. The van der Waals surface area contributed by atoms with Gasteiger partial charge >= 0.3 is 11.9 Å². The largest absolute Gasteiger partial charge is 0.464 e. The molecule has 4 saturated carbocycles. The van der Waals surface area contributed by atoms with Crippen molar-refractivity contribution in [1.29, 1.82) is 0 Å². The Bertz CT molecular complexity index is 518. The molecule has 1 heterocycles. The first-order valence-electron chi connectivity index (χ1n) is 10.2. The molecular formula is C20H31NO4S. The Morgan fingerprint density at radius 1 is 1.00 bits per heavy atom. The molecule has 0 N–H and O–H groups in total. The first-order valence-corrected chi connectivity index (χ1v) is 11.4. The van der Waals surface area contributed by atoms with Crippen molar-refractivity contribution >= 4 is 23.7 Å². The summed E-state index contributed by atoms with van der Waals surface area (Å²) >= 11 is 1.92. The van der Waals surface area contributed by atoms with Gasteiger partial charge in [-0.25, -0.2) is 0 Å². The van der Waals surface area contributed by atoms with Crippen LogP contribution in [0.15, 0.2) is 0 Å². The van der Waals surface area contributed by atoms with E-state index < -0.39 is 0 Å². The first-order chi connectivity index (χ1) is 12.5. The predicted octanol–water partition coefficient (Wildman–Crippen LogP) is 2.73. The average molecular weight is 382 g/mol. The van der Waals surface area contributed by atoms with Crippen LogP contribution in [0.4, 0.5) is 0 Å². The third kappa shape index (κ3) is 3.91. The molecule has 1 saturated heterocycles. The Balaban J connectivity index is 1.20. The summed E-state index contributed by atoms with van der Waals surface area (Å²) in [5.74, 6) is 4.48. The Kier molecular flexibility index (Phi) is 5.51. The number of ether oxygens (including phenoxy) is 2. The minimum absolute atomic E-state index is 0.136. The van der Waals surface area contributed by atoms with Gasteiger partial charge in [0.15, 0.2) is 0 Å². The molecule has 26 heavy (non-hydrogen) atoms. The molecule has 0 aromatic heterocycles. The zero-order valence-electron chi connectivity index (χ0n) is 15.8. The van der Waals surface area contributed by atoms with E-state index in [0.29, 0.717) is 18.4 Å². The van der Waals surface area contributed by atoms with Crippen LogP contribution in [-0.2, 0) is 19.1 Å². The van der Waals surface area contributed by atoms with Gasteiger partial charge in [0.05, 0.1) is 13.0 Å². The maximum atomic E-state index is 12.4. The highest BCUT2D eigenvalue weighted by Crippen LogP contribution is 2.59. The van der Waals surface area contributed by atoms with E-state index >= 15 is 0 Å². The molecule has 0 unspecified atom stereocenters. The van der Waals surface area contributed by atoms with E-state index in [4.69, 9.17) is 9.47 Å². The fourth-order valence-corrected chi connectivity index (χ4v) is 6.80. The smallest absolute Gasteiger partial charge is 0.320 e. The molecule has 0 aromatic rings. The van der Waals surface area contributed by atoms with Crippen LogP contribution >= 0.6 is 11.8 Å². The minimum atomic E-state index is -0.292. The van der Waals surface area contributed by atoms with Crippen LogP contribution in [0.2, 0.25) is 0 Å². The molecule has 0 atom stereocenters. The Labute approximate surface area is 160 Å². The molecular weight excluding hydrogens is 350 g/mol. The van der Waals surface area contributed by atoms with Gasteiger partial charge in [0.1, 0.15) is 12.2 Å². The van der Waals surface area contributed by atoms with Crippen LogP contribution in [0.1, 0.15) is 45.4 Å². The van der Waals surface area contributed by atoms with Gasteiger partial charge in [0, 0.05) is 24.6 Å². The van der Waals surface area contributed by atoms with Crippen molar-refractivity contribution in [3.63, 3.8) is 0 Å². The van der Waals surface area contributed by atoms with E-state index in [1.807, 2.05) is 11.8 Å². The number of carbonyl (C=O) groups excluding carboxylic acids is 2. The van der Waals surface area contributed by atoms with Crippen molar-refractivity contribution < 1.29 is 19.1 Å². The standard InChI is InChI=1S/C20H31NO4S/c1-20(16-9-14-8-15(11-16)12-17(20)10-14)25-18(22)2-5-24-19(23)13-21-3-6-26-7-4-21/h14-17H,2-13H2,1H3. The summed E-state index contributed by atoms with van der Waals surface area (Å²) in [5, 5.41) is 0. The van der Waals surface area contributed by atoms with Gasteiger partial charge in [0.2, 0.25) is 0 Å². The maximum absolute atomic E-state index is 12.4. The molecule has 4 aliphatic carbocycles. The van der Waals surface area contributed by atoms with E-state index in [-0.39, 0.29) is 30.6 Å². The Morgan fingerprint density at radius 2 is 1.62 bits per heavy atom. The topological polar surface area (TPSA) is 55.8 Å². The summed E-state index contributed by atoms with van der Waals surface area (Å²) in [7, 11) is 0. The highest BCUT2D eigenvalue weighted by molar-refractivity contribution is 7.99. The summed E-state index contributed by atoms with van der Waals surface area (Å²) in [5.41, 5.74) is -0.292. The summed E-state index contributed by atoms with van der Waals surface area (Å²) in [6.07, 6.45) is 6.45. The minimum Gasteiger partial charge on any atom is -0.464 e. The molecule has 6 heteroatoms. The molecule has 5 nitrogen and oxygen atoms in total. The van der Waals surface area contributed by atoms with Crippen LogP contribution in [0.5, 0.6) is 0 Å². The van der Waals surface area contributed by atoms with Crippen molar-refractivity contribution in [3.8, 4) is 0 Å². The van der Waals surface area contributed by atoms with Crippen molar-refractivity contribution in [3.05, 3.63) is 0 Å². The molecule has 5 fully saturated rings. The normalized spacial score (nSPS) is 39.0. The number of rotatable bonds is 6. The lowest BCUT2D eigenvalue weighted by molar-refractivity contribution is -0.204. The van der Waals surface area contributed by atoms with Gasteiger partial charge in [-0.15, -0.1) is 0 Å². The van der Waals surface area contributed by atoms with Crippen LogP contribution in [0, 0.1) is 23.7 Å². The Morgan fingerprint density at radius 3 is 2.23 bits per heavy atom. The Hall–Kier alpha value is -0.750. The van der Waals surface area contributed by atoms with Gasteiger partial charge in [-0.1, -0.05) is 0 Å². The highest BCUT2D eigenvalue weighted by atomic mass is 32.2. The lowest BCUT2D eigenvalue weighted by Gasteiger charge is -2.59. The molecule has 1 aliphatic heterocycles. The second kappa shape index (κ2) is 7.70.